The van der Waals surface area contributed by atoms with E-state index in [2.05, 4.69) is 5.32 Å². The Kier molecular flexibility index (Phi) is 8.13. The number of benzene rings is 1. The third kappa shape index (κ3) is 5.39. The number of nitrogens with zero attached hydrogens (tertiary/aromatic N) is 1. The average Bonchev–Trinajstić information content (AvgIpc) is 2.69. The molecule has 1 aromatic rings. The van der Waals surface area contributed by atoms with Gasteiger partial charge in [-0.15, -0.1) is 12.4 Å². The second kappa shape index (κ2) is 10.1. The topological polar surface area (TPSA) is 84.7 Å². The lowest BCUT2D eigenvalue weighted by molar-refractivity contribution is -0.132. The molecule has 7 heteroatoms. The summed E-state index contributed by atoms with van der Waals surface area (Å²) in [5, 5.41) is 3.13. The van der Waals surface area contributed by atoms with Crippen molar-refractivity contribution in [2.24, 2.45) is 5.73 Å². The van der Waals surface area contributed by atoms with E-state index < -0.39 is 5.54 Å². The molecule has 2 fully saturated rings. The van der Waals surface area contributed by atoms with Gasteiger partial charge in [0.1, 0.15) is 5.75 Å². The molecule has 1 saturated carbocycles. The summed E-state index contributed by atoms with van der Waals surface area (Å²) in [5.74, 6) is 0.835. The number of methoxy groups -OCH3 is 1. The molecular weight excluding hydrogens is 378 g/mol. The molecule has 3 rings (SSSR count). The standard InChI is InChI=1S/C21H31N3O3.ClH/c1-27-18-8-4-3-7-16(18)15-19(25)24-13-9-17(10-14-24)23-20(26)21(22)11-5-2-6-12-21;/h3-4,7-8,17H,2,5-6,9-15,22H2,1H3,(H,23,26);1H. The van der Waals surface area contributed by atoms with Crippen LogP contribution in [0.2, 0.25) is 0 Å². The highest BCUT2D eigenvalue weighted by molar-refractivity contribution is 5.86. The number of nitrogens with one attached hydrogen (secondary N) is 1. The number of nitrogens with two attached hydrogens (primary N) is 1. The van der Waals surface area contributed by atoms with Gasteiger partial charge in [0.25, 0.3) is 0 Å². The molecule has 3 N–H and O–H groups in total. The minimum atomic E-state index is -0.699. The van der Waals surface area contributed by atoms with Gasteiger partial charge < -0.3 is 20.7 Å². The lowest BCUT2D eigenvalue weighted by Gasteiger charge is -2.36. The molecule has 1 aliphatic carbocycles. The zero-order valence-corrected chi connectivity index (χ0v) is 17.4. The molecule has 1 aromatic carbocycles. The molecule has 0 spiro atoms. The van der Waals surface area contributed by atoms with Crippen molar-refractivity contribution < 1.29 is 14.3 Å². The molecule has 2 amide bonds. The Balaban J connectivity index is 0.00000280. The van der Waals surface area contributed by atoms with Crippen LogP contribution in [0.1, 0.15) is 50.5 Å². The summed E-state index contributed by atoms with van der Waals surface area (Å²) in [5.41, 5.74) is 6.53. The Hall–Kier alpha value is -1.79. The predicted molar refractivity (Wildman–Crippen MR) is 112 cm³/mol. The SMILES string of the molecule is COc1ccccc1CC(=O)N1CCC(NC(=O)C2(N)CCCCC2)CC1.Cl. The first-order valence-electron chi connectivity index (χ1n) is 10.0. The molecule has 156 valence electrons. The lowest BCUT2D eigenvalue weighted by atomic mass is 9.81. The zero-order chi connectivity index (χ0) is 19.3. The minimum absolute atomic E-state index is 0. The summed E-state index contributed by atoms with van der Waals surface area (Å²) in [6.45, 7) is 1.33. The Morgan fingerprint density at radius 1 is 1.18 bits per heavy atom. The van der Waals surface area contributed by atoms with Crippen molar-refractivity contribution in [1.82, 2.24) is 10.2 Å². The Morgan fingerprint density at radius 2 is 1.82 bits per heavy atom. The number of hydrogen-bond donors (Lipinski definition) is 2. The van der Waals surface area contributed by atoms with E-state index in [-0.39, 0.29) is 30.3 Å². The van der Waals surface area contributed by atoms with Gasteiger partial charge in [-0.05, 0) is 31.7 Å². The number of rotatable bonds is 5. The minimum Gasteiger partial charge on any atom is -0.496 e. The monoisotopic (exact) mass is 409 g/mol. The van der Waals surface area contributed by atoms with Crippen molar-refractivity contribution in [3.8, 4) is 5.75 Å². The van der Waals surface area contributed by atoms with Crippen LogP contribution in [0.15, 0.2) is 24.3 Å². The van der Waals surface area contributed by atoms with Crippen molar-refractivity contribution in [2.45, 2.75) is 62.9 Å². The summed E-state index contributed by atoms with van der Waals surface area (Å²) in [6, 6.07) is 7.72. The maximum atomic E-state index is 12.6. The smallest absolute Gasteiger partial charge is 0.240 e. The van der Waals surface area contributed by atoms with Gasteiger partial charge in [0.05, 0.1) is 19.1 Å². The van der Waals surface area contributed by atoms with Crippen molar-refractivity contribution in [3.05, 3.63) is 29.8 Å². The first-order chi connectivity index (χ1) is 13.0. The van der Waals surface area contributed by atoms with Crippen molar-refractivity contribution in [2.75, 3.05) is 20.2 Å². The highest BCUT2D eigenvalue weighted by Crippen LogP contribution is 2.26. The molecule has 0 unspecified atom stereocenters. The van der Waals surface area contributed by atoms with Crippen LogP contribution in [0.25, 0.3) is 0 Å². The van der Waals surface area contributed by atoms with Gasteiger partial charge in [-0.1, -0.05) is 37.5 Å². The third-order valence-corrected chi connectivity index (χ3v) is 5.92. The number of para-hydroxylation sites is 1. The van der Waals surface area contributed by atoms with Gasteiger partial charge in [0, 0.05) is 24.7 Å². The van der Waals surface area contributed by atoms with Crippen LogP contribution in [0, 0.1) is 0 Å². The molecule has 2 aliphatic rings. The number of hydrogen-bond acceptors (Lipinski definition) is 4. The summed E-state index contributed by atoms with van der Waals surface area (Å²) in [4.78, 5) is 27.1. The van der Waals surface area contributed by atoms with E-state index >= 15 is 0 Å². The van der Waals surface area contributed by atoms with Crippen LogP contribution in [-0.4, -0.2) is 48.5 Å². The van der Waals surface area contributed by atoms with Gasteiger partial charge in [-0.2, -0.15) is 0 Å². The predicted octanol–water partition coefficient (Wildman–Crippen LogP) is 2.43. The maximum absolute atomic E-state index is 12.6. The Bertz CT molecular complexity index is 669. The molecule has 0 bridgehead atoms. The van der Waals surface area contributed by atoms with E-state index in [9.17, 15) is 9.59 Å². The fourth-order valence-corrected chi connectivity index (χ4v) is 4.14. The van der Waals surface area contributed by atoms with Gasteiger partial charge >= 0.3 is 0 Å². The normalized spacial score (nSPS) is 19.4. The number of halogens is 1. The number of piperidine rings is 1. The molecule has 0 atom stereocenters. The first-order valence-corrected chi connectivity index (χ1v) is 10.0. The Morgan fingerprint density at radius 3 is 2.46 bits per heavy atom. The van der Waals surface area contributed by atoms with Crippen LogP contribution in [-0.2, 0) is 16.0 Å². The molecular formula is C21H32ClN3O3. The van der Waals surface area contributed by atoms with E-state index in [0.29, 0.717) is 19.5 Å². The Labute approximate surface area is 173 Å². The first kappa shape index (κ1) is 22.5. The fourth-order valence-electron chi connectivity index (χ4n) is 4.14. The summed E-state index contributed by atoms with van der Waals surface area (Å²) in [6.07, 6.45) is 6.66. The second-order valence-electron chi connectivity index (χ2n) is 7.83. The van der Waals surface area contributed by atoms with Crippen LogP contribution in [0.4, 0.5) is 0 Å². The molecule has 6 nitrogen and oxygen atoms in total. The van der Waals surface area contributed by atoms with Crippen molar-refractivity contribution in [3.63, 3.8) is 0 Å². The van der Waals surface area contributed by atoms with E-state index in [1.807, 2.05) is 29.2 Å². The highest BCUT2D eigenvalue weighted by atomic mass is 35.5. The maximum Gasteiger partial charge on any atom is 0.240 e. The molecule has 1 aliphatic heterocycles. The van der Waals surface area contributed by atoms with E-state index in [4.69, 9.17) is 10.5 Å². The number of ether oxygens (including phenoxy) is 1. The summed E-state index contributed by atoms with van der Waals surface area (Å²) >= 11 is 0. The quantitative estimate of drug-likeness (QED) is 0.782. The number of amides is 2. The second-order valence-corrected chi connectivity index (χ2v) is 7.83. The highest BCUT2D eigenvalue weighted by Gasteiger charge is 2.36. The average molecular weight is 410 g/mol. The molecule has 28 heavy (non-hydrogen) atoms. The summed E-state index contributed by atoms with van der Waals surface area (Å²) < 4.78 is 5.33. The lowest BCUT2D eigenvalue weighted by Crippen LogP contribution is -2.58. The summed E-state index contributed by atoms with van der Waals surface area (Å²) in [7, 11) is 1.62. The number of carbonyl (C=O) groups excluding carboxylic acids is 2. The van der Waals surface area contributed by atoms with E-state index in [1.54, 1.807) is 7.11 Å². The van der Waals surface area contributed by atoms with Gasteiger partial charge in [0.15, 0.2) is 0 Å². The third-order valence-electron chi connectivity index (χ3n) is 5.92. The molecule has 1 heterocycles. The van der Waals surface area contributed by atoms with E-state index in [1.165, 1.54) is 6.42 Å². The van der Waals surface area contributed by atoms with Crippen LogP contribution in [0.3, 0.4) is 0 Å². The number of carbonyl (C=O) groups is 2. The van der Waals surface area contributed by atoms with Crippen molar-refractivity contribution in [1.29, 1.82) is 0 Å². The fraction of sp³-hybridized carbons (Fsp3) is 0.619. The van der Waals surface area contributed by atoms with Crippen LogP contribution < -0.4 is 15.8 Å². The number of likely N-dealkylation sites (tertiary alicyclic amines) is 1. The molecule has 0 aromatic heterocycles. The molecule has 0 radical (unpaired) electrons. The zero-order valence-electron chi connectivity index (χ0n) is 16.6. The van der Waals surface area contributed by atoms with Gasteiger partial charge in [-0.3, -0.25) is 9.59 Å². The van der Waals surface area contributed by atoms with Gasteiger partial charge in [-0.25, -0.2) is 0 Å². The molecule has 1 saturated heterocycles. The van der Waals surface area contributed by atoms with E-state index in [0.717, 1.165) is 49.8 Å². The largest absolute Gasteiger partial charge is 0.496 e. The van der Waals surface area contributed by atoms with Crippen LogP contribution in [0.5, 0.6) is 5.75 Å². The van der Waals surface area contributed by atoms with Crippen LogP contribution >= 0.6 is 12.4 Å². The van der Waals surface area contributed by atoms with Crippen molar-refractivity contribution >= 4 is 24.2 Å². The van der Waals surface area contributed by atoms with Gasteiger partial charge in [0.2, 0.25) is 11.8 Å².